The summed E-state index contributed by atoms with van der Waals surface area (Å²) in [5.74, 6) is 6.17. The van der Waals surface area contributed by atoms with Gasteiger partial charge in [0.2, 0.25) is 5.91 Å². The number of hydrogen-bond donors (Lipinski definition) is 1. The zero-order valence-electron chi connectivity index (χ0n) is 12.6. The van der Waals surface area contributed by atoms with E-state index in [2.05, 4.69) is 27.4 Å². The lowest BCUT2D eigenvalue weighted by Crippen LogP contribution is -2.25. The number of nitrogens with zero attached hydrogens (tertiary/aromatic N) is 3. The first kappa shape index (κ1) is 16.1. The highest BCUT2D eigenvalue weighted by atomic mass is 32.2. The minimum atomic E-state index is -0.0642. The third-order valence-corrected chi connectivity index (χ3v) is 3.77. The molecule has 0 aliphatic carbocycles. The molecule has 0 saturated carbocycles. The highest BCUT2D eigenvalue weighted by Gasteiger charge is 2.09. The van der Waals surface area contributed by atoms with Crippen molar-refractivity contribution in [3.05, 3.63) is 42.2 Å². The van der Waals surface area contributed by atoms with Gasteiger partial charge in [-0.1, -0.05) is 41.8 Å². The molecule has 0 aliphatic heterocycles. The molecule has 6 heteroatoms. The summed E-state index contributed by atoms with van der Waals surface area (Å²) in [6.07, 6.45) is 1.68. The van der Waals surface area contributed by atoms with Crippen LogP contribution in [-0.2, 0) is 4.79 Å². The standard InChI is InChI=1S/C16H18N4OS/c1-13(2)20-12-18-19-16(20)22-11-15(21)17-10-6-9-14-7-4-3-5-8-14/h3-5,7-8,12-13H,10-11H2,1-2H3,(H,17,21). The van der Waals surface area contributed by atoms with Crippen molar-refractivity contribution in [3.63, 3.8) is 0 Å². The molecule has 1 amide bonds. The molecular formula is C16H18N4OS. The normalized spacial score (nSPS) is 10.1. The van der Waals surface area contributed by atoms with E-state index < -0.39 is 0 Å². The highest BCUT2D eigenvalue weighted by molar-refractivity contribution is 7.99. The Morgan fingerprint density at radius 1 is 1.36 bits per heavy atom. The van der Waals surface area contributed by atoms with Gasteiger partial charge in [0.15, 0.2) is 5.16 Å². The van der Waals surface area contributed by atoms with Gasteiger partial charge in [0.05, 0.1) is 12.3 Å². The van der Waals surface area contributed by atoms with E-state index >= 15 is 0 Å². The van der Waals surface area contributed by atoms with Gasteiger partial charge in [-0.2, -0.15) is 0 Å². The topological polar surface area (TPSA) is 59.8 Å². The zero-order chi connectivity index (χ0) is 15.8. The average molecular weight is 314 g/mol. The fourth-order valence-corrected chi connectivity index (χ4v) is 2.56. The number of thioether (sulfide) groups is 1. The largest absolute Gasteiger partial charge is 0.344 e. The molecule has 0 saturated heterocycles. The lowest BCUT2D eigenvalue weighted by molar-refractivity contribution is -0.118. The van der Waals surface area contributed by atoms with E-state index in [1.54, 1.807) is 6.33 Å². The second-order valence-electron chi connectivity index (χ2n) is 4.85. The van der Waals surface area contributed by atoms with Gasteiger partial charge < -0.3 is 9.88 Å². The van der Waals surface area contributed by atoms with Crippen LogP contribution >= 0.6 is 11.8 Å². The number of carbonyl (C=O) groups is 1. The minimum Gasteiger partial charge on any atom is -0.344 e. The van der Waals surface area contributed by atoms with E-state index in [9.17, 15) is 4.79 Å². The first-order valence-electron chi connectivity index (χ1n) is 6.99. The number of benzene rings is 1. The van der Waals surface area contributed by atoms with Crippen LogP contribution in [0, 0.1) is 11.8 Å². The van der Waals surface area contributed by atoms with E-state index in [1.165, 1.54) is 11.8 Å². The molecule has 0 bridgehead atoms. The fraction of sp³-hybridized carbons (Fsp3) is 0.312. The van der Waals surface area contributed by atoms with Crippen LogP contribution in [0.1, 0.15) is 25.5 Å². The van der Waals surface area contributed by atoms with Crippen LogP contribution in [0.25, 0.3) is 0 Å². The Morgan fingerprint density at radius 2 is 2.14 bits per heavy atom. The van der Waals surface area contributed by atoms with Crippen LogP contribution in [0.2, 0.25) is 0 Å². The van der Waals surface area contributed by atoms with Crippen molar-refractivity contribution in [2.24, 2.45) is 0 Å². The summed E-state index contributed by atoms with van der Waals surface area (Å²) in [7, 11) is 0. The smallest absolute Gasteiger partial charge is 0.231 e. The summed E-state index contributed by atoms with van der Waals surface area (Å²) in [5, 5.41) is 11.4. The lowest BCUT2D eigenvalue weighted by Gasteiger charge is -2.08. The van der Waals surface area contributed by atoms with Gasteiger partial charge in [-0.25, -0.2) is 0 Å². The molecule has 0 spiro atoms. The molecule has 5 nitrogen and oxygen atoms in total. The van der Waals surface area contributed by atoms with E-state index in [-0.39, 0.29) is 11.9 Å². The molecule has 0 fully saturated rings. The predicted octanol–water partition coefficient (Wildman–Crippen LogP) is 2.12. The zero-order valence-corrected chi connectivity index (χ0v) is 13.4. The molecule has 0 atom stereocenters. The van der Waals surface area contributed by atoms with Crippen LogP contribution in [0.5, 0.6) is 0 Å². The first-order valence-corrected chi connectivity index (χ1v) is 7.98. The molecule has 0 unspecified atom stereocenters. The molecule has 1 heterocycles. The number of carbonyl (C=O) groups excluding carboxylic acids is 1. The van der Waals surface area contributed by atoms with Crippen molar-refractivity contribution in [1.82, 2.24) is 20.1 Å². The molecule has 114 valence electrons. The number of hydrogen-bond acceptors (Lipinski definition) is 4. The van der Waals surface area contributed by atoms with Gasteiger partial charge >= 0.3 is 0 Å². The Bertz CT molecular complexity index is 670. The maximum atomic E-state index is 11.8. The number of amides is 1. The molecular weight excluding hydrogens is 296 g/mol. The summed E-state index contributed by atoms with van der Waals surface area (Å²) in [4.78, 5) is 11.8. The SMILES string of the molecule is CC(C)n1cnnc1SCC(=O)NCC#Cc1ccccc1. The molecule has 2 aromatic rings. The van der Waals surface area contributed by atoms with Crippen molar-refractivity contribution in [1.29, 1.82) is 0 Å². The monoisotopic (exact) mass is 314 g/mol. The van der Waals surface area contributed by atoms with Crippen molar-refractivity contribution in [3.8, 4) is 11.8 Å². The van der Waals surface area contributed by atoms with Crippen LogP contribution in [0.4, 0.5) is 0 Å². The number of rotatable bonds is 5. The first-order chi connectivity index (χ1) is 10.7. The number of aromatic nitrogens is 3. The highest BCUT2D eigenvalue weighted by Crippen LogP contribution is 2.18. The number of nitrogens with one attached hydrogen (secondary N) is 1. The van der Waals surface area contributed by atoms with Crippen LogP contribution in [-0.4, -0.2) is 33.0 Å². The summed E-state index contributed by atoms with van der Waals surface area (Å²) in [5.41, 5.74) is 0.941. The molecule has 22 heavy (non-hydrogen) atoms. The van der Waals surface area contributed by atoms with Crippen LogP contribution in [0.3, 0.4) is 0 Å². The predicted molar refractivity (Wildman–Crippen MR) is 87.5 cm³/mol. The fourth-order valence-electron chi connectivity index (χ4n) is 1.68. The summed E-state index contributed by atoms with van der Waals surface area (Å²) in [6.45, 7) is 4.44. The molecule has 0 radical (unpaired) electrons. The van der Waals surface area contributed by atoms with Gasteiger partial charge in [0, 0.05) is 11.6 Å². The van der Waals surface area contributed by atoms with Crippen molar-refractivity contribution in [2.45, 2.75) is 25.0 Å². The second-order valence-corrected chi connectivity index (χ2v) is 5.79. The quantitative estimate of drug-likeness (QED) is 0.678. The summed E-state index contributed by atoms with van der Waals surface area (Å²) in [6, 6.07) is 9.96. The molecule has 0 aliphatic rings. The Kier molecular flexibility index (Phi) is 6.04. The second kappa shape index (κ2) is 8.25. The molecule has 1 N–H and O–H groups in total. The van der Waals surface area contributed by atoms with Gasteiger partial charge in [-0.15, -0.1) is 10.2 Å². The van der Waals surface area contributed by atoms with Gasteiger partial charge in [-0.05, 0) is 26.0 Å². The molecule has 1 aromatic carbocycles. The Balaban J connectivity index is 1.75. The third kappa shape index (κ3) is 4.93. The van der Waals surface area contributed by atoms with Gasteiger partial charge in [0.25, 0.3) is 0 Å². The third-order valence-electron chi connectivity index (χ3n) is 2.81. The van der Waals surface area contributed by atoms with E-state index in [0.717, 1.165) is 10.7 Å². The van der Waals surface area contributed by atoms with E-state index in [4.69, 9.17) is 0 Å². The molecule has 2 rings (SSSR count). The van der Waals surface area contributed by atoms with Gasteiger partial charge in [-0.3, -0.25) is 4.79 Å². The van der Waals surface area contributed by atoms with Crippen molar-refractivity contribution < 1.29 is 4.79 Å². The van der Waals surface area contributed by atoms with Crippen LogP contribution < -0.4 is 5.32 Å². The Morgan fingerprint density at radius 3 is 2.86 bits per heavy atom. The lowest BCUT2D eigenvalue weighted by atomic mass is 10.2. The Labute approximate surface area is 134 Å². The van der Waals surface area contributed by atoms with E-state index in [0.29, 0.717) is 12.3 Å². The summed E-state index contributed by atoms with van der Waals surface area (Å²) >= 11 is 1.37. The average Bonchev–Trinajstić information content (AvgIpc) is 2.99. The maximum Gasteiger partial charge on any atom is 0.231 e. The van der Waals surface area contributed by atoms with Crippen molar-refractivity contribution >= 4 is 17.7 Å². The van der Waals surface area contributed by atoms with Gasteiger partial charge in [0.1, 0.15) is 6.33 Å². The summed E-state index contributed by atoms with van der Waals surface area (Å²) < 4.78 is 1.94. The molecule has 1 aromatic heterocycles. The van der Waals surface area contributed by atoms with Crippen LogP contribution in [0.15, 0.2) is 41.8 Å². The Hall–Kier alpha value is -2.26. The maximum absolute atomic E-state index is 11.8. The van der Waals surface area contributed by atoms with Crippen molar-refractivity contribution in [2.75, 3.05) is 12.3 Å². The minimum absolute atomic E-state index is 0.0642. The van der Waals surface area contributed by atoms with E-state index in [1.807, 2.05) is 48.7 Å².